The van der Waals surface area contributed by atoms with Crippen molar-refractivity contribution in [3.63, 3.8) is 0 Å². The van der Waals surface area contributed by atoms with Crippen LogP contribution in [0.4, 0.5) is 18.9 Å². The third-order valence-electron chi connectivity index (χ3n) is 2.18. The summed E-state index contributed by atoms with van der Waals surface area (Å²) in [6, 6.07) is 4.96. The van der Waals surface area contributed by atoms with E-state index in [0.29, 0.717) is 18.8 Å². The summed E-state index contributed by atoms with van der Waals surface area (Å²) < 4.78 is 42.4. The van der Waals surface area contributed by atoms with Crippen LogP contribution in [0, 0.1) is 0 Å². The van der Waals surface area contributed by atoms with Gasteiger partial charge in [-0.05, 0) is 45.0 Å². The number of ether oxygens (including phenoxy) is 1. The van der Waals surface area contributed by atoms with Gasteiger partial charge in [-0.25, -0.2) is 0 Å². The van der Waals surface area contributed by atoms with Gasteiger partial charge >= 0.3 is 6.18 Å². The summed E-state index contributed by atoms with van der Waals surface area (Å²) in [5.41, 5.74) is -0.193. The van der Waals surface area contributed by atoms with Crippen molar-refractivity contribution in [1.82, 2.24) is 0 Å². The van der Waals surface area contributed by atoms with Crippen molar-refractivity contribution >= 4 is 5.69 Å². The number of hydrogen-bond acceptors (Lipinski definition) is 2. The number of nitrogens with one attached hydrogen (secondary N) is 1. The van der Waals surface area contributed by atoms with E-state index in [2.05, 4.69) is 5.32 Å². The lowest BCUT2D eigenvalue weighted by molar-refractivity contribution is -0.137. The summed E-state index contributed by atoms with van der Waals surface area (Å²) in [6.07, 6.45) is -4.28. The van der Waals surface area contributed by atoms with Crippen molar-refractivity contribution in [3.05, 3.63) is 29.8 Å². The molecule has 1 aromatic carbocycles. The van der Waals surface area contributed by atoms with Crippen molar-refractivity contribution < 1.29 is 17.9 Å². The zero-order valence-electron chi connectivity index (χ0n) is 10.8. The molecule has 102 valence electrons. The average Bonchev–Trinajstić information content (AvgIpc) is 2.22. The molecule has 0 bridgehead atoms. The van der Waals surface area contributed by atoms with E-state index in [9.17, 15) is 13.2 Å². The molecule has 0 saturated carbocycles. The zero-order valence-corrected chi connectivity index (χ0v) is 10.8. The Hall–Kier alpha value is -1.23. The quantitative estimate of drug-likeness (QED) is 0.829. The molecule has 5 heteroatoms. The van der Waals surface area contributed by atoms with Gasteiger partial charge in [0.1, 0.15) is 0 Å². The largest absolute Gasteiger partial charge is 0.416 e. The second-order valence-electron chi connectivity index (χ2n) is 4.96. The number of anilines is 1. The normalized spacial score (nSPS) is 12.6. The molecule has 18 heavy (non-hydrogen) atoms. The number of hydrogen-bond donors (Lipinski definition) is 1. The monoisotopic (exact) mass is 261 g/mol. The fourth-order valence-corrected chi connectivity index (χ4v) is 1.33. The smallest absolute Gasteiger partial charge is 0.383 e. The summed E-state index contributed by atoms with van der Waals surface area (Å²) >= 11 is 0. The molecule has 0 aliphatic heterocycles. The van der Waals surface area contributed by atoms with Gasteiger partial charge < -0.3 is 10.1 Å². The molecule has 0 saturated heterocycles. The van der Waals surface area contributed by atoms with Crippen molar-refractivity contribution in [2.24, 2.45) is 0 Å². The van der Waals surface area contributed by atoms with Gasteiger partial charge in [-0.2, -0.15) is 13.2 Å². The minimum atomic E-state index is -4.28. The fourth-order valence-electron chi connectivity index (χ4n) is 1.33. The average molecular weight is 261 g/mol. The molecule has 0 unspecified atom stereocenters. The van der Waals surface area contributed by atoms with E-state index in [1.54, 1.807) is 0 Å². The van der Waals surface area contributed by atoms with E-state index in [1.807, 2.05) is 20.8 Å². The van der Waals surface area contributed by atoms with Gasteiger partial charge in [-0.1, -0.05) is 0 Å². The predicted octanol–water partition coefficient (Wildman–Crippen LogP) is 3.93. The first-order valence-corrected chi connectivity index (χ1v) is 5.73. The van der Waals surface area contributed by atoms with Crippen molar-refractivity contribution in [3.8, 4) is 0 Å². The molecule has 0 aliphatic carbocycles. The minimum Gasteiger partial charge on any atom is -0.383 e. The van der Waals surface area contributed by atoms with Crippen LogP contribution in [-0.4, -0.2) is 18.8 Å². The molecule has 0 atom stereocenters. The standard InChI is InChI=1S/C13H18F3NO/c1-12(2,3)18-9-8-17-11-6-4-10(5-7-11)13(14,15)16/h4-7,17H,8-9H2,1-3H3. The van der Waals surface area contributed by atoms with Crippen LogP contribution in [-0.2, 0) is 10.9 Å². The van der Waals surface area contributed by atoms with E-state index in [0.717, 1.165) is 12.1 Å². The van der Waals surface area contributed by atoms with Crippen LogP contribution < -0.4 is 5.32 Å². The van der Waals surface area contributed by atoms with Gasteiger partial charge in [0, 0.05) is 12.2 Å². The molecule has 1 rings (SSSR count). The second kappa shape index (κ2) is 5.61. The number of benzene rings is 1. The van der Waals surface area contributed by atoms with Gasteiger partial charge in [0.05, 0.1) is 17.8 Å². The van der Waals surface area contributed by atoms with Crippen LogP contribution in [0.5, 0.6) is 0 Å². The van der Waals surface area contributed by atoms with E-state index < -0.39 is 11.7 Å². The maximum Gasteiger partial charge on any atom is 0.416 e. The third kappa shape index (κ3) is 5.40. The highest BCUT2D eigenvalue weighted by atomic mass is 19.4. The summed E-state index contributed by atoms with van der Waals surface area (Å²) in [7, 11) is 0. The Kier molecular flexibility index (Phi) is 4.62. The predicted molar refractivity (Wildman–Crippen MR) is 65.6 cm³/mol. The van der Waals surface area contributed by atoms with Crippen LogP contribution in [0.25, 0.3) is 0 Å². The Bertz CT molecular complexity index is 365. The second-order valence-corrected chi connectivity index (χ2v) is 4.96. The first kappa shape index (κ1) is 14.8. The Labute approximate surface area is 105 Å². The fraction of sp³-hybridized carbons (Fsp3) is 0.538. The minimum absolute atomic E-state index is 0.207. The maximum absolute atomic E-state index is 12.3. The van der Waals surface area contributed by atoms with Crippen LogP contribution in [0.2, 0.25) is 0 Å². The summed E-state index contributed by atoms with van der Waals surface area (Å²) in [5, 5.41) is 3.00. The molecular formula is C13H18F3NO. The van der Waals surface area contributed by atoms with Crippen molar-refractivity contribution in [1.29, 1.82) is 0 Å². The molecule has 2 nitrogen and oxygen atoms in total. The molecule has 1 aromatic rings. The first-order valence-electron chi connectivity index (χ1n) is 5.73. The Morgan fingerprint density at radius 3 is 2.06 bits per heavy atom. The molecular weight excluding hydrogens is 243 g/mol. The van der Waals surface area contributed by atoms with Gasteiger partial charge in [0.15, 0.2) is 0 Å². The van der Waals surface area contributed by atoms with Gasteiger partial charge in [0.25, 0.3) is 0 Å². The molecule has 0 heterocycles. The molecule has 0 spiro atoms. The van der Waals surface area contributed by atoms with E-state index in [-0.39, 0.29) is 5.60 Å². The summed E-state index contributed by atoms with van der Waals surface area (Å²) in [5.74, 6) is 0. The SMILES string of the molecule is CC(C)(C)OCCNc1ccc(C(F)(F)F)cc1. The highest BCUT2D eigenvalue weighted by Crippen LogP contribution is 2.29. The molecule has 1 N–H and O–H groups in total. The molecule has 0 aromatic heterocycles. The Morgan fingerprint density at radius 1 is 1.06 bits per heavy atom. The van der Waals surface area contributed by atoms with E-state index in [1.165, 1.54) is 12.1 Å². The lowest BCUT2D eigenvalue weighted by atomic mass is 10.2. The lowest BCUT2D eigenvalue weighted by Gasteiger charge is -2.19. The van der Waals surface area contributed by atoms with Gasteiger partial charge in [-0.15, -0.1) is 0 Å². The number of rotatable bonds is 4. The van der Waals surface area contributed by atoms with Crippen LogP contribution in [0.15, 0.2) is 24.3 Å². The Balaban J connectivity index is 2.41. The topological polar surface area (TPSA) is 21.3 Å². The number of alkyl halides is 3. The van der Waals surface area contributed by atoms with E-state index in [4.69, 9.17) is 4.74 Å². The third-order valence-corrected chi connectivity index (χ3v) is 2.18. The highest BCUT2D eigenvalue weighted by Gasteiger charge is 2.29. The molecule has 0 fully saturated rings. The zero-order chi connectivity index (χ0) is 13.8. The summed E-state index contributed by atoms with van der Waals surface area (Å²) in [6.45, 7) is 6.91. The molecule has 0 radical (unpaired) electrons. The Morgan fingerprint density at radius 2 is 1.61 bits per heavy atom. The van der Waals surface area contributed by atoms with Crippen LogP contribution >= 0.6 is 0 Å². The van der Waals surface area contributed by atoms with Crippen molar-refractivity contribution in [2.75, 3.05) is 18.5 Å². The summed E-state index contributed by atoms with van der Waals surface area (Å²) in [4.78, 5) is 0. The highest BCUT2D eigenvalue weighted by molar-refractivity contribution is 5.45. The lowest BCUT2D eigenvalue weighted by Crippen LogP contribution is -2.23. The van der Waals surface area contributed by atoms with Crippen LogP contribution in [0.3, 0.4) is 0 Å². The molecule has 0 amide bonds. The van der Waals surface area contributed by atoms with Gasteiger partial charge in [0.2, 0.25) is 0 Å². The van der Waals surface area contributed by atoms with Gasteiger partial charge in [-0.3, -0.25) is 0 Å². The number of halogens is 3. The van der Waals surface area contributed by atoms with E-state index >= 15 is 0 Å². The van der Waals surface area contributed by atoms with Crippen LogP contribution in [0.1, 0.15) is 26.3 Å². The maximum atomic E-state index is 12.3. The first-order chi connectivity index (χ1) is 8.18. The molecule has 0 aliphatic rings. The van der Waals surface area contributed by atoms with Crippen molar-refractivity contribution in [2.45, 2.75) is 32.5 Å².